The number of hydrogen-bond donors (Lipinski definition) is 0. The minimum atomic E-state index is -0.331. The number of hydrogen-bond acceptors (Lipinski definition) is 3. The number of Topliss-reactive ketones (excluding diaryl/α,β-unsaturated/α-hetero) is 1. The van der Waals surface area contributed by atoms with Crippen molar-refractivity contribution in [2.45, 2.75) is 12.3 Å². The van der Waals surface area contributed by atoms with Crippen molar-refractivity contribution in [3.05, 3.63) is 58.3 Å². The van der Waals surface area contributed by atoms with Gasteiger partial charge in [-0.3, -0.25) is 4.79 Å². The summed E-state index contributed by atoms with van der Waals surface area (Å²) < 4.78 is 0. The van der Waals surface area contributed by atoms with Crippen LogP contribution in [0.25, 0.3) is 0 Å². The van der Waals surface area contributed by atoms with Gasteiger partial charge in [-0.25, -0.2) is 0 Å². The lowest BCUT2D eigenvalue weighted by atomic mass is 9.98. The Hall–Kier alpha value is -1.92. The molecular formula is C14H11NOS. The van der Waals surface area contributed by atoms with Crippen LogP contribution in [0.3, 0.4) is 0 Å². The summed E-state index contributed by atoms with van der Waals surface area (Å²) in [6.07, 6.45) is 0.251. The minimum Gasteiger partial charge on any atom is -0.294 e. The maximum absolute atomic E-state index is 12.0. The molecule has 2 rings (SSSR count). The van der Waals surface area contributed by atoms with Crippen LogP contribution in [-0.2, 0) is 0 Å². The molecule has 0 radical (unpaired) electrons. The van der Waals surface area contributed by atoms with Gasteiger partial charge >= 0.3 is 0 Å². The Morgan fingerprint density at radius 3 is 2.59 bits per heavy atom. The molecule has 0 spiro atoms. The fourth-order valence-electron chi connectivity index (χ4n) is 1.63. The van der Waals surface area contributed by atoms with E-state index in [1.807, 2.05) is 35.7 Å². The zero-order chi connectivity index (χ0) is 12.1. The number of ketones is 1. The van der Waals surface area contributed by atoms with Crippen LogP contribution in [0.1, 0.15) is 27.6 Å². The van der Waals surface area contributed by atoms with Crippen molar-refractivity contribution in [1.82, 2.24) is 0 Å². The summed E-state index contributed by atoms with van der Waals surface area (Å²) in [6.45, 7) is 0. The third-order valence-electron chi connectivity index (χ3n) is 2.53. The van der Waals surface area contributed by atoms with E-state index >= 15 is 0 Å². The van der Waals surface area contributed by atoms with Crippen molar-refractivity contribution in [3.63, 3.8) is 0 Å². The van der Waals surface area contributed by atoms with Crippen LogP contribution in [-0.4, -0.2) is 5.78 Å². The highest BCUT2D eigenvalue weighted by atomic mass is 32.1. The highest BCUT2D eigenvalue weighted by Gasteiger charge is 2.17. The number of rotatable bonds is 4. The smallest absolute Gasteiger partial charge is 0.164 e. The molecule has 1 aromatic carbocycles. The van der Waals surface area contributed by atoms with E-state index < -0.39 is 0 Å². The molecule has 0 aliphatic rings. The zero-order valence-electron chi connectivity index (χ0n) is 9.17. The Kier molecular flexibility index (Phi) is 3.69. The van der Waals surface area contributed by atoms with Gasteiger partial charge < -0.3 is 0 Å². The number of thiophene rings is 1. The molecule has 3 heteroatoms. The van der Waals surface area contributed by atoms with Gasteiger partial charge in [0.05, 0.1) is 12.0 Å². The molecule has 1 unspecified atom stereocenters. The summed E-state index contributed by atoms with van der Waals surface area (Å²) in [4.78, 5) is 12.9. The number of benzene rings is 1. The quantitative estimate of drug-likeness (QED) is 0.767. The van der Waals surface area contributed by atoms with Gasteiger partial charge in [0.25, 0.3) is 0 Å². The molecule has 1 atom stereocenters. The average molecular weight is 241 g/mol. The standard InChI is InChI=1S/C14H11NOS/c15-10-12(14-7-4-8-17-14)9-13(16)11-5-2-1-3-6-11/h1-8,12H,9H2. The molecule has 17 heavy (non-hydrogen) atoms. The largest absolute Gasteiger partial charge is 0.294 e. The van der Waals surface area contributed by atoms with Gasteiger partial charge in [-0.2, -0.15) is 5.26 Å². The third kappa shape index (κ3) is 2.80. The van der Waals surface area contributed by atoms with Gasteiger partial charge in [0.15, 0.2) is 5.78 Å². The van der Waals surface area contributed by atoms with Gasteiger partial charge in [0.1, 0.15) is 0 Å². The molecule has 0 saturated heterocycles. The molecule has 84 valence electrons. The molecule has 0 aliphatic carbocycles. The zero-order valence-corrected chi connectivity index (χ0v) is 9.98. The molecule has 2 aromatic rings. The van der Waals surface area contributed by atoms with Crippen LogP contribution in [0, 0.1) is 11.3 Å². The number of nitrogens with zero attached hydrogens (tertiary/aromatic N) is 1. The van der Waals surface area contributed by atoms with Gasteiger partial charge in [-0.1, -0.05) is 36.4 Å². The van der Waals surface area contributed by atoms with Crippen molar-refractivity contribution >= 4 is 17.1 Å². The molecule has 0 fully saturated rings. The van der Waals surface area contributed by atoms with E-state index in [-0.39, 0.29) is 18.1 Å². The van der Waals surface area contributed by atoms with Gasteiger partial charge in [0, 0.05) is 16.9 Å². The second-order valence-electron chi connectivity index (χ2n) is 3.69. The maximum atomic E-state index is 12.0. The minimum absolute atomic E-state index is 0.0190. The first-order valence-electron chi connectivity index (χ1n) is 5.32. The van der Waals surface area contributed by atoms with Crippen molar-refractivity contribution in [3.8, 4) is 6.07 Å². The normalized spacial score (nSPS) is 11.7. The number of carbonyl (C=O) groups is 1. The lowest BCUT2D eigenvalue weighted by Crippen LogP contribution is -2.05. The van der Waals surface area contributed by atoms with Crippen LogP contribution in [0.2, 0.25) is 0 Å². The monoisotopic (exact) mass is 241 g/mol. The molecular weight excluding hydrogens is 230 g/mol. The Morgan fingerprint density at radius 1 is 1.24 bits per heavy atom. The highest BCUT2D eigenvalue weighted by Crippen LogP contribution is 2.25. The predicted octanol–water partition coefficient (Wildman–Crippen LogP) is 3.63. The summed E-state index contributed by atoms with van der Waals surface area (Å²) in [5, 5.41) is 11.0. The van der Waals surface area contributed by atoms with Crippen molar-refractivity contribution in [2.24, 2.45) is 0 Å². The first kappa shape index (κ1) is 11.6. The Bertz CT molecular complexity index is 525. The first-order valence-corrected chi connectivity index (χ1v) is 6.20. The van der Waals surface area contributed by atoms with E-state index in [2.05, 4.69) is 6.07 Å². The van der Waals surface area contributed by atoms with Crippen LogP contribution in [0.4, 0.5) is 0 Å². The van der Waals surface area contributed by atoms with Gasteiger partial charge in [0.2, 0.25) is 0 Å². The average Bonchev–Trinajstić information content (AvgIpc) is 2.90. The molecule has 2 nitrogen and oxygen atoms in total. The molecule has 0 N–H and O–H groups in total. The molecule has 0 bridgehead atoms. The number of nitriles is 1. The van der Waals surface area contributed by atoms with Crippen molar-refractivity contribution in [1.29, 1.82) is 5.26 Å². The van der Waals surface area contributed by atoms with Crippen LogP contribution >= 0.6 is 11.3 Å². The first-order chi connectivity index (χ1) is 8.31. The number of carbonyl (C=O) groups excluding carboxylic acids is 1. The van der Waals surface area contributed by atoms with E-state index in [1.54, 1.807) is 12.1 Å². The summed E-state index contributed by atoms with van der Waals surface area (Å²) >= 11 is 1.52. The second kappa shape index (κ2) is 5.42. The Balaban J connectivity index is 2.11. The molecule has 1 heterocycles. The molecule has 0 amide bonds. The molecule has 0 saturated carbocycles. The van der Waals surface area contributed by atoms with E-state index in [0.29, 0.717) is 5.56 Å². The van der Waals surface area contributed by atoms with E-state index in [0.717, 1.165) is 4.88 Å². The van der Waals surface area contributed by atoms with Crippen molar-refractivity contribution in [2.75, 3.05) is 0 Å². The van der Waals surface area contributed by atoms with E-state index in [4.69, 9.17) is 5.26 Å². The summed E-state index contributed by atoms with van der Waals surface area (Å²) in [5.74, 6) is -0.312. The fraction of sp³-hybridized carbons (Fsp3) is 0.143. The van der Waals surface area contributed by atoms with Crippen LogP contribution in [0.5, 0.6) is 0 Å². The fourth-order valence-corrected chi connectivity index (χ4v) is 2.40. The topological polar surface area (TPSA) is 40.9 Å². The van der Waals surface area contributed by atoms with Crippen LogP contribution in [0.15, 0.2) is 47.8 Å². The molecule has 1 aromatic heterocycles. The predicted molar refractivity (Wildman–Crippen MR) is 68.1 cm³/mol. The lowest BCUT2D eigenvalue weighted by molar-refractivity contribution is 0.0979. The maximum Gasteiger partial charge on any atom is 0.164 e. The molecule has 0 aliphatic heterocycles. The van der Waals surface area contributed by atoms with Crippen LogP contribution < -0.4 is 0 Å². The Labute approximate surface area is 104 Å². The highest BCUT2D eigenvalue weighted by molar-refractivity contribution is 7.10. The Morgan fingerprint density at radius 2 is 2.00 bits per heavy atom. The SMILES string of the molecule is N#CC(CC(=O)c1ccccc1)c1cccs1. The van der Waals surface area contributed by atoms with E-state index in [1.165, 1.54) is 11.3 Å². The third-order valence-corrected chi connectivity index (χ3v) is 3.51. The summed E-state index contributed by atoms with van der Waals surface area (Å²) in [7, 11) is 0. The second-order valence-corrected chi connectivity index (χ2v) is 4.67. The van der Waals surface area contributed by atoms with Gasteiger partial charge in [-0.15, -0.1) is 11.3 Å². The van der Waals surface area contributed by atoms with Crippen molar-refractivity contribution < 1.29 is 4.79 Å². The summed E-state index contributed by atoms with van der Waals surface area (Å²) in [6, 6.07) is 15.1. The van der Waals surface area contributed by atoms with Gasteiger partial charge in [-0.05, 0) is 11.4 Å². The lowest BCUT2D eigenvalue weighted by Gasteiger charge is -2.05. The van der Waals surface area contributed by atoms with E-state index in [9.17, 15) is 4.79 Å². The summed E-state index contributed by atoms with van der Waals surface area (Å²) in [5.41, 5.74) is 0.671.